The number of alkyl halides is 3. The van der Waals surface area contributed by atoms with Crippen molar-refractivity contribution < 1.29 is 27.5 Å². The Morgan fingerprint density at radius 1 is 0.957 bits per heavy atom. The van der Waals surface area contributed by atoms with Gasteiger partial charge in [0.2, 0.25) is 5.88 Å². The van der Waals surface area contributed by atoms with Crippen LogP contribution in [0.25, 0.3) is 10.9 Å². The molecular formula is C32H29F3N8O3. The van der Waals surface area contributed by atoms with Gasteiger partial charge in [-0.3, -0.25) is 19.2 Å². The van der Waals surface area contributed by atoms with Crippen molar-refractivity contribution in [3.63, 3.8) is 0 Å². The summed E-state index contributed by atoms with van der Waals surface area (Å²) in [7, 11) is 1.99. The van der Waals surface area contributed by atoms with E-state index in [1.807, 2.05) is 11.9 Å². The van der Waals surface area contributed by atoms with E-state index in [4.69, 9.17) is 4.74 Å². The van der Waals surface area contributed by atoms with Crippen molar-refractivity contribution in [2.45, 2.75) is 12.7 Å². The number of halogens is 3. The predicted octanol–water partition coefficient (Wildman–Crippen LogP) is 5.72. The largest absolute Gasteiger partial charge is 0.439 e. The number of ether oxygens (including phenoxy) is 1. The molecular weight excluding hydrogens is 601 g/mol. The first kappa shape index (κ1) is 30.7. The van der Waals surface area contributed by atoms with Crippen LogP contribution in [0.3, 0.4) is 0 Å². The molecule has 1 fully saturated rings. The molecule has 4 heterocycles. The second kappa shape index (κ2) is 12.9. The van der Waals surface area contributed by atoms with E-state index in [1.54, 1.807) is 42.6 Å². The third kappa shape index (κ3) is 7.14. The van der Waals surface area contributed by atoms with Crippen molar-refractivity contribution in [3.8, 4) is 11.6 Å². The Kier molecular flexibility index (Phi) is 8.63. The zero-order valence-corrected chi connectivity index (χ0v) is 24.7. The minimum atomic E-state index is -4.57. The molecule has 0 aliphatic carbocycles. The molecule has 14 heteroatoms. The van der Waals surface area contributed by atoms with Gasteiger partial charge in [0.1, 0.15) is 17.9 Å². The summed E-state index contributed by atoms with van der Waals surface area (Å²) in [6, 6.07) is 14.6. The summed E-state index contributed by atoms with van der Waals surface area (Å²) in [6.07, 6.45) is 1.19. The van der Waals surface area contributed by atoms with Crippen molar-refractivity contribution in [2.75, 3.05) is 43.9 Å². The molecule has 1 aliphatic rings. The summed E-state index contributed by atoms with van der Waals surface area (Å²) >= 11 is 0. The molecule has 6 rings (SSSR count). The van der Waals surface area contributed by atoms with Crippen molar-refractivity contribution in [1.29, 1.82) is 0 Å². The third-order valence-corrected chi connectivity index (χ3v) is 7.57. The normalized spacial score (nSPS) is 14.3. The minimum absolute atomic E-state index is 0.0384. The van der Waals surface area contributed by atoms with Crippen LogP contribution in [0, 0.1) is 0 Å². The summed E-state index contributed by atoms with van der Waals surface area (Å²) in [6.45, 7) is 3.14. The predicted molar refractivity (Wildman–Crippen MR) is 165 cm³/mol. The van der Waals surface area contributed by atoms with Crippen LogP contribution in [0.1, 0.15) is 21.5 Å². The number of benzene rings is 2. The number of piperazine rings is 1. The lowest BCUT2D eigenvalue weighted by Gasteiger charge is -2.33. The van der Waals surface area contributed by atoms with Gasteiger partial charge in [0.25, 0.3) is 5.91 Å². The maximum atomic E-state index is 14.0. The van der Waals surface area contributed by atoms with E-state index in [1.165, 1.54) is 41.5 Å². The fourth-order valence-corrected chi connectivity index (χ4v) is 5.12. The molecule has 2 aromatic carbocycles. The molecule has 236 valence electrons. The van der Waals surface area contributed by atoms with Gasteiger partial charge in [-0.2, -0.15) is 13.2 Å². The molecule has 0 saturated carbocycles. The molecule has 0 atom stereocenters. The number of hydrogen-bond donors (Lipinski definition) is 2. The van der Waals surface area contributed by atoms with Crippen LogP contribution >= 0.6 is 0 Å². The Labute approximate surface area is 261 Å². The summed E-state index contributed by atoms with van der Waals surface area (Å²) in [5.41, 5.74) is 0.311. The monoisotopic (exact) mass is 630 g/mol. The first-order chi connectivity index (χ1) is 22.1. The highest BCUT2D eigenvalue weighted by Gasteiger charge is 2.34. The van der Waals surface area contributed by atoms with Crippen LogP contribution in [0.15, 0.2) is 85.6 Å². The topological polar surface area (TPSA) is 118 Å². The van der Waals surface area contributed by atoms with Gasteiger partial charge in [0.05, 0.1) is 16.6 Å². The molecule has 46 heavy (non-hydrogen) atoms. The second-order valence-corrected chi connectivity index (χ2v) is 10.8. The van der Waals surface area contributed by atoms with Gasteiger partial charge in [0.15, 0.2) is 0 Å². The molecule has 0 bridgehead atoms. The van der Waals surface area contributed by atoms with Gasteiger partial charge in [-0.05, 0) is 61.1 Å². The number of carbonyl (C=O) groups excluding carboxylic acids is 2. The van der Waals surface area contributed by atoms with Crippen molar-refractivity contribution in [2.24, 2.45) is 0 Å². The van der Waals surface area contributed by atoms with Gasteiger partial charge in [-0.1, -0.05) is 6.07 Å². The Balaban J connectivity index is 1.14. The maximum Gasteiger partial charge on any atom is 0.416 e. The third-order valence-electron chi connectivity index (χ3n) is 7.57. The van der Waals surface area contributed by atoms with E-state index in [0.717, 1.165) is 19.2 Å². The van der Waals surface area contributed by atoms with Crippen LogP contribution in [0.5, 0.6) is 11.6 Å². The summed E-state index contributed by atoms with van der Waals surface area (Å²) in [5.74, 6) is 0.406. The standard InChI is InChI=1S/C32H29F3N8O3/c1-41-11-13-42(14-12-41)19-23-4-5-24(16-26(23)32(33,34)35)39-31(45)43-10-8-21-15-25(6-7-27(21)43)46-29-17-28(37-20-38-29)40-30(44)22-3-2-9-36-18-22/h2-10,15-18,20H,11-14,19H2,1H3,(H,39,45)(H,37,38,40,44). The lowest BCUT2D eigenvalue weighted by Crippen LogP contribution is -2.44. The molecule has 0 spiro atoms. The Morgan fingerprint density at radius 3 is 2.54 bits per heavy atom. The lowest BCUT2D eigenvalue weighted by molar-refractivity contribution is -0.138. The quantitative estimate of drug-likeness (QED) is 0.235. The Morgan fingerprint density at radius 2 is 1.78 bits per heavy atom. The van der Waals surface area contributed by atoms with Crippen LogP contribution in [-0.4, -0.2) is 74.5 Å². The smallest absolute Gasteiger partial charge is 0.416 e. The number of carbonyl (C=O) groups is 2. The second-order valence-electron chi connectivity index (χ2n) is 10.8. The molecule has 2 amide bonds. The van der Waals surface area contributed by atoms with E-state index in [2.05, 4.69) is 30.5 Å². The maximum absolute atomic E-state index is 14.0. The van der Waals surface area contributed by atoms with Crippen LogP contribution < -0.4 is 15.4 Å². The number of nitrogens with zero attached hydrogens (tertiary/aromatic N) is 6. The van der Waals surface area contributed by atoms with E-state index in [0.29, 0.717) is 35.3 Å². The average molecular weight is 631 g/mol. The number of likely N-dealkylation sites (N-methyl/N-ethyl adjacent to an activating group) is 1. The van der Waals surface area contributed by atoms with Gasteiger partial charge < -0.3 is 20.3 Å². The van der Waals surface area contributed by atoms with Crippen molar-refractivity contribution >= 4 is 34.3 Å². The molecule has 0 unspecified atom stereocenters. The van der Waals surface area contributed by atoms with Crippen molar-refractivity contribution in [3.05, 3.63) is 102 Å². The highest BCUT2D eigenvalue weighted by molar-refractivity contribution is 6.03. The Hall–Kier alpha value is -5.34. The number of rotatable bonds is 7. The van der Waals surface area contributed by atoms with Gasteiger partial charge in [0, 0.05) is 68.5 Å². The summed E-state index contributed by atoms with van der Waals surface area (Å²) in [4.78, 5) is 41.8. The number of anilines is 2. The van der Waals surface area contributed by atoms with Crippen LogP contribution in [0.2, 0.25) is 0 Å². The fourth-order valence-electron chi connectivity index (χ4n) is 5.12. The fraction of sp³-hybridized carbons (Fsp3) is 0.219. The molecule has 0 radical (unpaired) electrons. The zero-order chi connectivity index (χ0) is 32.3. The highest BCUT2D eigenvalue weighted by atomic mass is 19.4. The number of aromatic nitrogens is 4. The van der Waals surface area contributed by atoms with Crippen LogP contribution in [0.4, 0.5) is 29.5 Å². The molecule has 1 saturated heterocycles. The first-order valence-corrected chi connectivity index (χ1v) is 14.4. The number of fused-ring (bicyclic) bond motifs is 1. The number of amides is 2. The molecule has 2 N–H and O–H groups in total. The Bertz CT molecular complexity index is 1870. The summed E-state index contributed by atoms with van der Waals surface area (Å²) in [5, 5.41) is 5.89. The summed E-state index contributed by atoms with van der Waals surface area (Å²) < 4.78 is 49.2. The van der Waals surface area contributed by atoms with Gasteiger partial charge >= 0.3 is 12.2 Å². The van der Waals surface area contributed by atoms with E-state index in [9.17, 15) is 22.8 Å². The molecule has 3 aromatic heterocycles. The van der Waals surface area contributed by atoms with Crippen LogP contribution in [-0.2, 0) is 12.7 Å². The first-order valence-electron chi connectivity index (χ1n) is 14.4. The number of nitrogens with one attached hydrogen (secondary N) is 2. The molecule has 5 aromatic rings. The van der Waals surface area contributed by atoms with E-state index >= 15 is 0 Å². The van der Waals surface area contributed by atoms with E-state index in [-0.39, 0.29) is 29.5 Å². The zero-order valence-electron chi connectivity index (χ0n) is 24.7. The molecule has 11 nitrogen and oxygen atoms in total. The van der Waals surface area contributed by atoms with Gasteiger partial charge in [-0.25, -0.2) is 14.8 Å². The lowest BCUT2D eigenvalue weighted by atomic mass is 10.0. The van der Waals surface area contributed by atoms with Gasteiger partial charge in [-0.15, -0.1) is 0 Å². The van der Waals surface area contributed by atoms with Crippen molar-refractivity contribution in [1.82, 2.24) is 29.3 Å². The number of hydrogen-bond acceptors (Lipinski definition) is 8. The minimum Gasteiger partial charge on any atom is -0.439 e. The number of pyridine rings is 1. The average Bonchev–Trinajstić information content (AvgIpc) is 3.46. The van der Waals surface area contributed by atoms with E-state index < -0.39 is 23.7 Å². The highest BCUT2D eigenvalue weighted by Crippen LogP contribution is 2.35. The molecule has 1 aliphatic heterocycles. The SMILES string of the molecule is CN1CCN(Cc2ccc(NC(=O)n3ccc4cc(Oc5cc(NC(=O)c6cccnc6)ncn5)ccc43)cc2C(F)(F)F)CC1.